The highest BCUT2D eigenvalue weighted by atomic mass is 16.7. The Labute approximate surface area is 104 Å². The van der Waals surface area contributed by atoms with E-state index in [-0.39, 0.29) is 19.4 Å². The molecule has 1 unspecified atom stereocenters. The Kier molecular flexibility index (Phi) is 4.82. The van der Waals surface area contributed by atoms with Crippen molar-refractivity contribution in [3.63, 3.8) is 0 Å². The minimum Gasteiger partial charge on any atom is -0.478 e. The molecule has 0 saturated heterocycles. The Morgan fingerprint density at radius 3 is 2.50 bits per heavy atom. The fourth-order valence-electron chi connectivity index (χ4n) is 1.34. The second-order valence-corrected chi connectivity index (χ2v) is 3.67. The summed E-state index contributed by atoms with van der Waals surface area (Å²) in [6, 6.07) is 8.91. The number of nitrogens with zero attached hydrogens (tertiary/aromatic N) is 1. The average Bonchev–Trinajstić information content (AvgIpc) is 2.39. The molecule has 18 heavy (non-hydrogen) atoms. The van der Waals surface area contributed by atoms with E-state index in [4.69, 9.17) is 9.94 Å². The summed E-state index contributed by atoms with van der Waals surface area (Å²) < 4.78 is 0. The Balaban J connectivity index is 2.73. The number of benzene rings is 1. The number of carbonyl (C=O) groups excluding carboxylic acids is 1. The van der Waals surface area contributed by atoms with Gasteiger partial charge in [-0.3, -0.25) is 9.63 Å². The van der Waals surface area contributed by atoms with Crippen LogP contribution in [-0.2, 0) is 21.0 Å². The number of rotatable bonds is 7. The van der Waals surface area contributed by atoms with Gasteiger partial charge in [-0.15, -0.1) is 0 Å². The van der Waals surface area contributed by atoms with E-state index in [0.717, 1.165) is 5.56 Å². The van der Waals surface area contributed by atoms with Crippen LogP contribution in [-0.4, -0.2) is 33.4 Å². The van der Waals surface area contributed by atoms with E-state index in [9.17, 15) is 14.7 Å². The molecule has 0 radical (unpaired) electrons. The van der Waals surface area contributed by atoms with E-state index in [1.165, 1.54) is 6.92 Å². The topological polar surface area (TPSA) is 87.1 Å². The van der Waals surface area contributed by atoms with Gasteiger partial charge in [-0.1, -0.05) is 37.3 Å². The minimum atomic E-state index is -2.35. The van der Waals surface area contributed by atoms with Crippen LogP contribution in [0.25, 0.3) is 0 Å². The normalized spacial score (nSPS) is 13.7. The number of hydrogen-bond acceptors (Lipinski definition) is 4. The molecule has 0 aromatic heterocycles. The van der Waals surface area contributed by atoms with Crippen LogP contribution < -0.4 is 0 Å². The number of carboxylic acids is 1. The van der Waals surface area contributed by atoms with Gasteiger partial charge in [0.25, 0.3) is 5.72 Å². The highest BCUT2D eigenvalue weighted by molar-refractivity contribution is 5.78. The fraction of sp³-hybridized carbons (Fsp3) is 0.333. The predicted octanol–water partition coefficient (Wildman–Crippen LogP) is 0.760. The molecular weight excluding hydrogens is 238 g/mol. The van der Waals surface area contributed by atoms with Gasteiger partial charge < -0.3 is 10.2 Å². The molecule has 1 rings (SSSR count). The summed E-state index contributed by atoms with van der Waals surface area (Å²) in [7, 11) is 0. The molecule has 6 heteroatoms. The zero-order valence-corrected chi connectivity index (χ0v) is 9.94. The molecule has 1 atom stereocenters. The van der Waals surface area contributed by atoms with Gasteiger partial charge in [0.15, 0.2) is 0 Å². The summed E-state index contributed by atoms with van der Waals surface area (Å²) >= 11 is 0. The largest absolute Gasteiger partial charge is 0.478 e. The third-order valence-electron chi connectivity index (χ3n) is 2.51. The zero-order valence-electron chi connectivity index (χ0n) is 9.94. The second-order valence-electron chi connectivity index (χ2n) is 3.67. The van der Waals surface area contributed by atoms with Gasteiger partial charge in [-0.2, -0.15) is 5.06 Å². The van der Waals surface area contributed by atoms with Crippen molar-refractivity contribution in [1.82, 2.24) is 5.06 Å². The van der Waals surface area contributed by atoms with Crippen molar-refractivity contribution < 1.29 is 24.6 Å². The van der Waals surface area contributed by atoms with E-state index in [1.807, 2.05) is 6.07 Å². The van der Waals surface area contributed by atoms with Gasteiger partial charge in [0.2, 0.25) is 6.41 Å². The third-order valence-corrected chi connectivity index (χ3v) is 2.51. The lowest BCUT2D eigenvalue weighted by Gasteiger charge is -2.30. The smallest absolute Gasteiger partial charge is 0.359 e. The van der Waals surface area contributed by atoms with Crippen molar-refractivity contribution in [2.45, 2.75) is 25.7 Å². The summed E-state index contributed by atoms with van der Waals surface area (Å²) in [6.07, 6.45) is -0.0313. The van der Waals surface area contributed by atoms with E-state index < -0.39 is 11.7 Å². The molecule has 98 valence electrons. The first-order chi connectivity index (χ1) is 8.54. The molecular formula is C12H15NO5. The highest BCUT2D eigenvalue weighted by Crippen LogP contribution is 2.17. The monoisotopic (exact) mass is 253 g/mol. The van der Waals surface area contributed by atoms with Crippen LogP contribution in [0.2, 0.25) is 0 Å². The summed E-state index contributed by atoms with van der Waals surface area (Å²) in [5, 5.41) is 19.1. The summed E-state index contributed by atoms with van der Waals surface area (Å²) in [5.74, 6) is -1.54. The van der Waals surface area contributed by atoms with Gasteiger partial charge in [0.05, 0.1) is 0 Å². The number of aliphatic hydroxyl groups is 1. The van der Waals surface area contributed by atoms with E-state index in [0.29, 0.717) is 5.06 Å². The van der Waals surface area contributed by atoms with Crippen molar-refractivity contribution in [1.29, 1.82) is 0 Å². The Morgan fingerprint density at radius 2 is 2.06 bits per heavy atom. The molecule has 0 aliphatic rings. The van der Waals surface area contributed by atoms with E-state index >= 15 is 0 Å². The van der Waals surface area contributed by atoms with Gasteiger partial charge in [-0.25, -0.2) is 4.79 Å². The van der Waals surface area contributed by atoms with Crippen LogP contribution in [0.4, 0.5) is 0 Å². The second kappa shape index (κ2) is 6.13. The number of hydroxylamine groups is 2. The predicted molar refractivity (Wildman–Crippen MR) is 62.0 cm³/mol. The SMILES string of the molecule is CCC(O)(C(=O)O)N(C=O)OCc1ccccc1. The van der Waals surface area contributed by atoms with Gasteiger partial charge in [0, 0.05) is 6.42 Å². The number of hydrogen-bond donors (Lipinski definition) is 2. The highest BCUT2D eigenvalue weighted by Gasteiger charge is 2.41. The van der Waals surface area contributed by atoms with E-state index in [1.54, 1.807) is 24.3 Å². The maximum Gasteiger partial charge on any atom is 0.359 e. The van der Waals surface area contributed by atoms with Gasteiger partial charge >= 0.3 is 5.97 Å². The van der Waals surface area contributed by atoms with Crippen molar-refractivity contribution in [3.05, 3.63) is 35.9 Å². The third kappa shape index (κ3) is 3.06. The van der Waals surface area contributed by atoms with Crippen molar-refractivity contribution in [3.8, 4) is 0 Å². The molecule has 0 fully saturated rings. The van der Waals surface area contributed by atoms with Crippen LogP contribution in [0.3, 0.4) is 0 Å². The first-order valence-electron chi connectivity index (χ1n) is 5.41. The number of amides is 1. The molecule has 1 aromatic carbocycles. The standard InChI is InChI=1S/C12H15NO5/c1-2-12(17,11(15)16)13(9-14)18-8-10-6-4-3-5-7-10/h3-7,9,17H,2,8H2,1H3,(H,15,16). The molecule has 6 nitrogen and oxygen atoms in total. The Morgan fingerprint density at radius 1 is 1.44 bits per heavy atom. The minimum absolute atomic E-state index is 0.00479. The first-order valence-corrected chi connectivity index (χ1v) is 5.41. The lowest BCUT2D eigenvalue weighted by Crippen LogP contribution is -2.53. The summed E-state index contributed by atoms with van der Waals surface area (Å²) in [5.41, 5.74) is -1.59. The molecule has 1 amide bonds. The maximum atomic E-state index is 10.9. The zero-order chi connectivity index (χ0) is 13.6. The van der Waals surface area contributed by atoms with Crippen LogP contribution in [0.5, 0.6) is 0 Å². The van der Waals surface area contributed by atoms with Crippen LogP contribution in [0, 0.1) is 0 Å². The fourth-order valence-corrected chi connectivity index (χ4v) is 1.34. The maximum absolute atomic E-state index is 10.9. The first kappa shape index (κ1) is 14.1. The molecule has 0 aliphatic carbocycles. The Bertz CT molecular complexity index is 408. The van der Waals surface area contributed by atoms with Crippen molar-refractivity contribution >= 4 is 12.4 Å². The van der Waals surface area contributed by atoms with Crippen molar-refractivity contribution in [2.24, 2.45) is 0 Å². The lowest BCUT2D eigenvalue weighted by molar-refractivity contribution is -0.274. The van der Waals surface area contributed by atoms with Gasteiger partial charge in [-0.05, 0) is 5.56 Å². The lowest BCUT2D eigenvalue weighted by atomic mass is 10.1. The van der Waals surface area contributed by atoms with Crippen LogP contribution in [0.15, 0.2) is 30.3 Å². The summed E-state index contributed by atoms with van der Waals surface area (Å²) in [4.78, 5) is 26.8. The Hall–Kier alpha value is -1.92. The molecule has 1 aromatic rings. The molecule has 0 bridgehead atoms. The molecule has 0 spiro atoms. The molecule has 0 heterocycles. The molecule has 0 saturated carbocycles. The van der Waals surface area contributed by atoms with Crippen LogP contribution in [0.1, 0.15) is 18.9 Å². The van der Waals surface area contributed by atoms with Crippen molar-refractivity contribution in [2.75, 3.05) is 0 Å². The quantitative estimate of drug-likeness (QED) is 0.425. The number of carboxylic acid groups (broad SMARTS) is 1. The van der Waals surface area contributed by atoms with E-state index in [2.05, 4.69) is 0 Å². The average molecular weight is 253 g/mol. The van der Waals surface area contributed by atoms with Gasteiger partial charge in [0.1, 0.15) is 6.61 Å². The van der Waals surface area contributed by atoms with Crippen LogP contribution >= 0.6 is 0 Å². The number of aliphatic carboxylic acids is 1. The number of carbonyl (C=O) groups is 2. The molecule has 0 aliphatic heterocycles. The molecule has 2 N–H and O–H groups in total. The summed E-state index contributed by atoms with van der Waals surface area (Å²) in [6.45, 7) is 1.44.